The van der Waals surface area contributed by atoms with Gasteiger partial charge in [-0.3, -0.25) is 9.59 Å². The lowest BCUT2D eigenvalue weighted by Gasteiger charge is -2.21. The van der Waals surface area contributed by atoms with Gasteiger partial charge in [-0.05, 0) is 18.8 Å². The standard InChI is InChI=1S/C14H23NO5/c16-12(8-6-10-4-2-1-3-5-10)15-11(14(19)20)7-9-13(17)18/h10-11H,1-9H2,(H,15,16)(H,17,18)(H,19,20)/t11-/m0/s1. The van der Waals surface area contributed by atoms with E-state index in [4.69, 9.17) is 10.2 Å². The monoisotopic (exact) mass is 285 g/mol. The van der Waals surface area contributed by atoms with Gasteiger partial charge in [-0.2, -0.15) is 0 Å². The number of aliphatic carboxylic acids is 2. The van der Waals surface area contributed by atoms with Gasteiger partial charge in [0.2, 0.25) is 5.91 Å². The Kier molecular flexibility index (Phi) is 7.04. The van der Waals surface area contributed by atoms with E-state index in [1.807, 2.05) is 0 Å². The molecule has 1 fully saturated rings. The Morgan fingerprint density at radius 3 is 2.25 bits per heavy atom. The van der Waals surface area contributed by atoms with Crippen LogP contribution in [0.2, 0.25) is 0 Å². The predicted octanol–water partition coefficient (Wildman–Crippen LogP) is 1.78. The van der Waals surface area contributed by atoms with Gasteiger partial charge in [0.05, 0.1) is 0 Å². The van der Waals surface area contributed by atoms with E-state index in [9.17, 15) is 14.4 Å². The molecule has 0 spiro atoms. The highest BCUT2D eigenvalue weighted by atomic mass is 16.4. The normalized spacial score (nSPS) is 17.4. The Hall–Kier alpha value is -1.59. The molecule has 0 saturated heterocycles. The third kappa shape index (κ3) is 6.54. The van der Waals surface area contributed by atoms with Gasteiger partial charge in [0.15, 0.2) is 0 Å². The minimum absolute atomic E-state index is 0.0835. The second-order valence-electron chi connectivity index (χ2n) is 5.43. The topological polar surface area (TPSA) is 104 Å². The molecular formula is C14H23NO5. The summed E-state index contributed by atoms with van der Waals surface area (Å²) >= 11 is 0. The molecule has 1 aliphatic carbocycles. The van der Waals surface area contributed by atoms with Crippen LogP contribution >= 0.6 is 0 Å². The van der Waals surface area contributed by atoms with Crippen molar-refractivity contribution in [1.29, 1.82) is 0 Å². The largest absolute Gasteiger partial charge is 0.481 e. The second kappa shape index (κ2) is 8.55. The molecule has 0 bridgehead atoms. The zero-order chi connectivity index (χ0) is 15.0. The van der Waals surface area contributed by atoms with E-state index in [1.54, 1.807) is 0 Å². The number of carboxylic acids is 2. The van der Waals surface area contributed by atoms with Crippen molar-refractivity contribution < 1.29 is 24.6 Å². The van der Waals surface area contributed by atoms with Crippen LogP contribution in [0.4, 0.5) is 0 Å². The SMILES string of the molecule is O=C(O)CC[C@H](NC(=O)CCC1CCCCC1)C(=O)O. The number of hydrogen-bond acceptors (Lipinski definition) is 3. The summed E-state index contributed by atoms with van der Waals surface area (Å²) in [5.74, 6) is -1.98. The summed E-state index contributed by atoms with van der Waals surface area (Å²) in [6, 6.07) is -1.11. The third-order valence-corrected chi connectivity index (χ3v) is 3.78. The number of carbonyl (C=O) groups excluding carboxylic acids is 1. The quantitative estimate of drug-likeness (QED) is 0.630. The van der Waals surface area contributed by atoms with Gasteiger partial charge in [0.25, 0.3) is 0 Å². The van der Waals surface area contributed by atoms with E-state index in [-0.39, 0.29) is 18.7 Å². The van der Waals surface area contributed by atoms with Gasteiger partial charge >= 0.3 is 11.9 Å². The van der Waals surface area contributed by atoms with Crippen LogP contribution in [0.3, 0.4) is 0 Å². The van der Waals surface area contributed by atoms with Crippen LogP contribution in [0.25, 0.3) is 0 Å². The number of carboxylic acid groups (broad SMARTS) is 2. The third-order valence-electron chi connectivity index (χ3n) is 3.78. The molecule has 1 saturated carbocycles. The Balaban J connectivity index is 2.29. The fourth-order valence-corrected chi connectivity index (χ4v) is 2.60. The molecule has 0 aliphatic heterocycles. The van der Waals surface area contributed by atoms with Crippen LogP contribution in [0.15, 0.2) is 0 Å². The van der Waals surface area contributed by atoms with Crippen LogP contribution in [0, 0.1) is 5.92 Å². The van der Waals surface area contributed by atoms with Crippen LogP contribution in [0.1, 0.15) is 57.8 Å². The summed E-state index contributed by atoms with van der Waals surface area (Å²) in [4.78, 5) is 33.1. The lowest BCUT2D eigenvalue weighted by Crippen LogP contribution is -2.41. The average molecular weight is 285 g/mol. The molecule has 20 heavy (non-hydrogen) atoms. The Morgan fingerprint density at radius 1 is 1.05 bits per heavy atom. The number of rotatable bonds is 8. The van der Waals surface area contributed by atoms with Crippen LogP contribution < -0.4 is 5.32 Å². The fraction of sp³-hybridized carbons (Fsp3) is 0.786. The molecule has 6 heteroatoms. The zero-order valence-corrected chi connectivity index (χ0v) is 11.6. The van der Waals surface area contributed by atoms with Crippen molar-refractivity contribution in [2.24, 2.45) is 5.92 Å². The molecule has 1 aliphatic rings. The first-order valence-corrected chi connectivity index (χ1v) is 7.23. The van der Waals surface area contributed by atoms with Crippen molar-refractivity contribution in [2.45, 2.75) is 63.8 Å². The first kappa shape index (κ1) is 16.5. The number of nitrogens with one attached hydrogen (secondary N) is 1. The summed E-state index contributed by atoms with van der Waals surface area (Å²) in [5, 5.41) is 19.9. The van der Waals surface area contributed by atoms with Crippen molar-refractivity contribution in [3.8, 4) is 0 Å². The molecule has 0 aromatic carbocycles. The van der Waals surface area contributed by atoms with Gasteiger partial charge in [0.1, 0.15) is 6.04 Å². The van der Waals surface area contributed by atoms with Crippen molar-refractivity contribution in [2.75, 3.05) is 0 Å². The molecule has 0 unspecified atom stereocenters. The molecular weight excluding hydrogens is 262 g/mol. The molecule has 0 heterocycles. The smallest absolute Gasteiger partial charge is 0.326 e. The van der Waals surface area contributed by atoms with Gasteiger partial charge in [-0.15, -0.1) is 0 Å². The van der Waals surface area contributed by atoms with E-state index >= 15 is 0 Å². The van der Waals surface area contributed by atoms with Crippen molar-refractivity contribution in [3.05, 3.63) is 0 Å². The summed E-state index contributed by atoms with van der Waals surface area (Å²) in [7, 11) is 0. The number of hydrogen-bond donors (Lipinski definition) is 3. The van der Waals surface area contributed by atoms with Crippen molar-refractivity contribution in [1.82, 2.24) is 5.32 Å². The lowest BCUT2D eigenvalue weighted by molar-refractivity contribution is -0.143. The fourth-order valence-electron chi connectivity index (χ4n) is 2.60. The van der Waals surface area contributed by atoms with Crippen LogP contribution in [-0.4, -0.2) is 34.1 Å². The zero-order valence-electron chi connectivity index (χ0n) is 11.6. The molecule has 3 N–H and O–H groups in total. The summed E-state index contributed by atoms with van der Waals surface area (Å²) in [6.07, 6.45) is 6.74. The average Bonchev–Trinajstić information content (AvgIpc) is 2.41. The molecule has 6 nitrogen and oxygen atoms in total. The van der Waals surface area contributed by atoms with Gasteiger partial charge in [0, 0.05) is 12.8 Å². The van der Waals surface area contributed by atoms with Crippen LogP contribution in [-0.2, 0) is 14.4 Å². The van der Waals surface area contributed by atoms with Crippen molar-refractivity contribution in [3.63, 3.8) is 0 Å². The molecule has 0 aromatic rings. The van der Waals surface area contributed by atoms with E-state index < -0.39 is 18.0 Å². The first-order chi connectivity index (χ1) is 9.49. The van der Waals surface area contributed by atoms with Crippen molar-refractivity contribution >= 4 is 17.8 Å². The Labute approximate surface area is 118 Å². The number of amides is 1. The van der Waals surface area contributed by atoms with Gasteiger partial charge in [-0.25, -0.2) is 4.79 Å². The molecule has 1 atom stereocenters. The maximum Gasteiger partial charge on any atom is 0.326 e. The molecule has 0 radical (unpaired) electrons. The molecule has 1 rings (SSSR count). The molecule has 1 amide bonds. The summed E-state index contributed by atoms with van der Waals surface area (Å²) < 4.78 is 0. The highest BCUT2D eigenvalue weighted by molar-refractivity contribution is 5.83. The Bertz CT molecular complexity index is 349. The Morgan fingerprint density at radius 2 is 1.70 bits per heavy atom. The molecule has 0 aromatic heterocycles. The second-order valence-corrected chi connectivity index (χ2v) is 5.43. The number of carbonyl (C=O) groups is 3. The highest BCUT2D eigenvalue weighted by Crippen LogP contribution is 2.27. The minimum Gasteiger partial charge on any atom is -0.481 e. The van der Waals surface area contributed by atoms with Crippen LogP contribution in [0.5, 0.6) is 0 Å². The van der Waals surface area contributed by atoms with Gasteiger partial charge < -0.3 is 15.5 Å². The summed E-state index contributed by atoms with van der Waals surface area (Å²) in [6.45, 7) is 0. The van der Waals surface area contributed by atoms with E-state index in [0.29, 0.717) is 12.3 Å². The van der Waals surface area contributed by atoms with Gasteiger partial charge in [-0.1, -0.05) is 32.1 Å². The van der Waals surface area contributed by atoms with E-state index in [1.165, 1.54) is 19.3 Å². The highest BCUT2D eigenvalue weighted by Gasteiger charge is 2.21. The first-order valence-electron chi connectivity index (χ1n) is 7.23. The maximum absolute atomic E-state index is 11.7. The van der Waals surface area contributed by atoms with E-state index in [0.717, 1.165) is 19.3 Å². The maximum atomic E-state index is 11.7. The minimum atomic E-state index is -1.18. The molecule has 114 valence electrons. The predicted molar refractivity (Wildman–Crippen MR) is 72.2 cm³/mol. The lowest BCUT2D eigenvalue weighted by atomic mass is 9.86. The summed E-state index contributed by atoms with van der Waals surface area (Å²) in [5.41, 5.74) is 0. The van der Waals surface area contributed by atoms with E-state index in [2.05, 4.69) is 5.32 Å².